The zero-order chi connectivity index (χ0) is 12.3. The number of hydrogen-bond acceptors (Lipinski definition) is 3. The van der Waals surface area contributed by atoms with Crippen molar-refractivity contribution in [2.75, 3.05) is 24.7 Å². The molecule has 1 aromatic rings. The summed E-state index contributed by atoms with van der Waals surface area (Å²) in [6, 6.07) is 7.49. The van der Waals surface area contributed by atoms with E-state index in [1.165, 1.54) is 5.56 Å². The van der Waals surface area contributed by atoms with Crippen molar-refractivity contribution in [2.45, 2.75) is 19.4 Å². The Kier molecular flexibility index (Phi) is 3.64. The molecule has 17 heavy (non-hydrogen) atoms. The number of ether oxygens (including phenoxy) is 1. The average molecular weight is 235 g/mol. The molecule has 1 aliphatic rings. The van der Waals surface area contributed by atoms with Crippen molar-refractivity contribution in [3.8, 4) is 0 Å². The topological polar surface area (TPSA) is 49.8 Å². The quantitative estimate of drug-likeness (QED) is 0.863. The number of aryl methyl sites for hydroxylation is 1. The molecule has 1 unspecified atom stereocenters. The van der Waals surface area contributed by atoms with Gasteiger partial charge in [-0.05, 0) is 24.1 Å². The van der Waals surface area contributed by atoms with Crippen molar-refractivity contribution < 1.29 is 14.6 Å². The van der Waals surface area contributed by atoms with Gasteiger partial charge >= 0.3 is 5.97 Å². The lowest BCUT2D eigenvalue weighted by Crippen LogP contribution is -2.50. The SMILES string of the molecule is CCc1ccc(N2CCOCC2C(=O)O)cc1. The molecule has 0 saturated carbocycles. The number of carboxylic acid groups (broad SMARTS) is 1. The van der Waals surface area contributed by atoms with E-state index in [1.54, 1.807) is 0 Å². The molecule has 0 bridgehead atoms. The summed E-state index contributed by atoms with van der Waals surface area (Å²) in [5.41, 5.74) is 2.21. The molecule has 1 heterocycles. The van der Waals surface area contributed by atoms with E-state index in [4.69, 9.17) is 9.84 Å². The number of carboxylic acids is 1. The first kappa shape index (κ1) is 11.9. The Morgan fingerprint density at radius 2 is 2.18 bits per heavy atom. The summed E-state index contributed by atoms with van der Waals surface area (Å²) >= 11 is 0. The first-order valence-corrected chi connectivity index (χ1v) is 5.88. The summed E-state index contributed by atoms with van der Waals surface area (Å²) < 4.78 is 5.22. The molecule has 1 N–H and O–H groups in total. The van der Waals surface area contributed by atoms with Crippen LogP contribution >= 0.6 is 0 Å². The number of carbonyl (C=O) groups is 1. The van der Waals surface area contributed by atoms with Crippen molar-refractivity contribution in [1.29, 1.82) is 0 Å². The second kappa shape index (κ2) is 5.19. The third-order valence-corrected chi connectivity index (χ3v) is 3.09. The van der Waals surface area contributed by atoms with Crippen molar-refractivity contribution in [3.05, 3.63) is 29.8 Å². The third kappa shape index (κ3) is 2.58. The van der Waals surface area contributed by atoms with E-state index in [0.29, 0.717) is 13.2 Å². The van der Waals surface area contributed by atoms with E-state index in [-0.39, 0.29) is 6.61 Å². The Morgan fingerprint density at radius 3 is 2.76 bits per heavy atom. The van der Waals surface area contributed by atoms with Crippen LogP contribution in [0.15, 0.2) is 24.3 Å². The van der Waals surface area contributed by atoms with Crippen LogP contribution in [-0.2, 0) is 16.0 Å². The van der Waals surface area contributed by atoms with Crippen LogP contribution in [0.5, 0.6) is 0 Å². The highest BCUT2D eigenvalue weighted by Gasteiger charge is 2.29. The molecule has 1 aliphatic heterocycles. The molecule has 4 nitrogen and oxygen atoms in total. The van der Waals surface area contributed by atoms with Crippen molar-refractivity contribution in [3.63, 3.8) is 0 Å². The first-order valence-electron chi connectivity index (χ1n) is 5.88. The number of hydrogen-bond donors (Lipinski definition) is 1. The number of rotatable bonds is 3. The third-order valence-electron chi connectivity index (χ3n) is 3.09. The number of anilines is 1. The molecule has 1 aromatic carbocycles. The highest BCUT2D eigenvalue weighted by molar-refractivity contribution is 5.78. The van der Waals surface area contributed by atoms with E-state index < -0.39 is 12.0 Å². The van der Waals surface area contributed by atoms with Crippen LogP contribution in [0.3, 0.4) is 0 Å². The molecule has 1 fully saturated rings. The second-order valence-electron chi connectivity index (χ2n) is 4.14. The van der Waals surface area contributed by atoms with Gasteiger partial charge in [-0.25, -0.2) is 4.79 Å². The summed E-state index contributed by atoms with van der Waals surface area (Å²) in [6.45, 7) is 3.57. The van der Waals surface area contributed by atoms with E-state index in [0.717, 1.165) is 12.1 Å². The number of aliphatic carboxylic acids is 1. The van der Waals surface area contributed by atoms with Crippen LogP contribution in [0.1, 0.15) is 12.5 Å². The number of nitrogens with zero attached hydrogens (tertiary/aromatic N) is 1. The first-order chi connectivity index (χ1) is 8.22. The lowest BCUT2D eigenvalue weighted by molar-refractivity contribution is -0.141. The number of benzene rings is 1. The molecule has 2 rings (SSSR count). The molecular formula is C13H17NO3. The van der Waals surface area contributed by atoms with Gasteiger partial charge in [0.2, 0.25) is 0 Å². The van der Waals surface area contributed by atoms with Crippen LogP contribution in [0.4, 0.5) is 5.69 Å². The Bertz CT molecular complexity index is 388. The zero-order valence-electron chi connectivity index (χ0n) is 9.93. The maximum absolute atomic E-state index is 11.1. The molecule has 0 aliphatic carbocycles. The highest BCUT2D eigenvalue weighted by atomic mass is 16.5. The van der Waals surface area contributed by atoms with Gasteiger partial charge in [0.1, 0.15) is 0 Å². The molecule has 0 spiro atoms. The average Bonchev–Trinajstić information content (AvgIpc) is 2.39. The molecular weight excluding hydrogens is 218 g/mol. The maximum atomic E-state index is 11.1. The van der Waals surface area contributed by atoms with Gasteiger partial charge in [0.15, 0.2) is 6.04 Å². The monoisotopic (exact) mass is 235 g/mol. The van der Waals surface area contributed by atoms with Crippen molar-refractivity contribution >= 4 is 11.7 Å². The fourth-order valence-electron chi connectivity index (χ4n) is 2.04. The summed E-state index contributed by atoms with van der Waals surface area (Å²) in [5, 5.41) is 9.15. The Labute approximate surface area is 101 Å². The van der Waals surface area contributed by atoms with Crippen LogP contribution in [-0.4, -0.2) is 36.9 Å². The molecule has 1 atom stereocenters. The Morgan fingerprint density at radius 1 is 1.47 bits per heavy atom. The standard InChI is InChI=1S/C13H17NO3/c1-2-10-3-5-11(6-4-10)14-7-8-17-9-12(14)13(15)16/h3-6,12H,2,7-9H2,1H3,(H,15,16). The molecule has 0 amide bonds. The molecule has 4 heteroatoms. The van der Waals surface area contributed by atoms with Crippen LogP contribution < -0.4 is 4.90 Å². The largest absolute Gasteiger partial charge is 0.480 e. The van der Waals surface area contributed by atoms with Gasteiger partial charge in [-0.3, -0.25) is 0 Å². The van der Waals surface area contributed by atoms with E-state index in [9.17, 15) is 4.79 Å². The van der Waals surface area contributed by atoms with Crippen molar-refractivity contribution in [2.24, 2.45) is 0 Å². The zero-order valence-corrected chi connectivity index (χ0v) is 9.93. The summed E-state index contributed by atoms with van der Waals surface area (Å²) in [6.07, 6.45) is 0.992. The minimum Gasteiger partial charge on any atom is -0.480 e. The predicted molar refractivity (Wildman–Crippen MR) is 65.4 cm³/mol. The predicted octanol–water partition coefficient (Wildman–Crippen LogP) is 1.54. The smallest absolute Gasteiger partial charge is 0.328 e. The lowest BCUT2D eigenvalue weighted by atomic mass is 10.1. The van der Waals surface area contributed by atoms with Crippen LogP contribution in [0, 0.1) is 0 Å². The van der Waals surface area contributed by atoms with Crippen LogP contribution in [0.25, 0.3) is 0 Å². The Balaban J connectivity index is 2.20. The van der Waals surface area contributed by atoms with E-state index in [2.05, 4.69) is 6.92 Å². The van der Waals surface area contributed by atoms with Gasteiger partial charge in [0.25, 0.3) is 0 Å². The fourth-order valence-corrected chi connectivity index (χ4v) is 2.04. The van der Waals surface area contributed by atoms with Crippen LogP contribution in [0.2, 0.25) is 0 Å². The number of morpholine rings is 1. The fraction of sp³-hybridized carbons (Fsp3) is 0.462. The van der Waals surface area contributed by atoms with Gasteiger partial charge in [0, 0.05) is 12.2 Å². The summed E-state index contributed by atoms with van der Waals surface area (Å²) in [5.74, 6) is -0.829. The Hall–Kier alpha value is -1.55. The maximum Gasteiger partial charge on any atom is 0.328 e. The minimum atomic E-state index is -0.829. The van der Waals surface area contributed by atoms with Gasteiger partial charge < -0.3 is 14.7 Å². The minimum absolute atomic E-state index is 0.255. The van der Waals surface area contributed by atoms with Gasteiger partial charge in [0.05, 0.1) is 13.2 Å². The van der Waals surface area contributed by atoms with Gasteiger partial charge in [-0.15, -0.1) is 0 Å². The molecule has 92 valence electrons. The van der Waals surface area contributed by atoms with Gasteiger partial charge in [-0.2, -0.15) is 0 Å². The van der Waals surface area contributed by atoms with Gasteiger partial charge in [-0.1, -0.05) is 19.1 Å². The second-order valence-corrected chi connectivity index (χ2v) is 4.14. The van der Waals surface area contributed by atoms with Crippen molar-refractivity contribution in [1.82, 2.24) is 0 Å². The highest BCUT2D eigenvalue weighted by Crippen LogP contribution is 2.20. The summed E-state index contributed by atoms with van der Waals surface area (Å²) in [7, 11) is 0. The van der Waals surface area contributed by atoms with E-state index in [1.807, 2.05) is 29.2 Å². The molecule has 0 radical (unpaired) electrons. The molecule has 0 aromatic heterocycles. The summed E-state index contributed by atoms with van der Waals surface area (Å²) in [4.78, 5) is 13.0. The normalized spacial score (nSPS) is 20.3. The van der Waals surface area contributed by atoms with E-state index >= 15 is 0 Å². The lowest BCUT2D eigenvalue weighted by Gasteiger charge is -2.34. The molecule has 1 saturated heterocycles.